The largest absolute Gasteiger partial charge is 0.507 e. The fourth-order valence-corrected chi connectivity index (χ4v) is 7.64. The number of phenols is 3. The van der Waals surface area contributed by atoms with Crippen molar-refractivity contribution >= 4 is 46.0 Å². The summed E-state index contributed by atoms with van der Waals surface area (Å²) in [5.41, 5.74) is 0.994. The van der Waals surface area contributed by atoms with Crippen LogP contribution in [0.3, 0.4) is 0 Å². The van der Waals surface area contributed by atoms with Gasteiger partial charge in [-0.15, -0.1) is 0 Å². The van der Waals surface area contributed by atoms with E-state index in [1.807, 2.05) is 19.1 Å². The second-order valence-corrected chi connectivity index (χ2v) is 15.7. The molecule has 6 rings (SSSR count). The molecule has 0 saturated carbocycles. The van der Waals surface area contributed by atoms with Gasteiger partial charge >= 0.3 is 11.8 Å². The van der Waals surface area contributed by atoms with Gasteiger partial charge in [0.15, 0.2) is 5.75 Å². The molecule has 3 heterocycles. The lowest BCUT2D eigenvalue weighted by atomic mass is 9.78. The summed E-state index contributed by atoms with van der Waals surface area (Å²) in [5, 5.41) is 60.4. The van der Waals surface area contributed by atoms with Crippen LogP contribution in [0, 0.1) is 37.5 Å². The van der Waals surface area contributed by atoms with Gasteiger partial charge in [0, 0.05) is 67.4 Å². The number of rotatable bonds is 4. The monoisotopic (exact) mass is 814 g/mol. The quantitative estimate of drug-likeness (QED) is 0.0694. The Labute approximate surface area is 343 Å². The number of nitrogens with one attached hydrogen (secondary N) is 1. The number of methoxy groups -OCH3 is 1. The minimum atomic E-state index is -2.05. The maximum atomic E-state index is 14.4. The Kier molecular flexibility index (Phi) is 13.3. The molecule has 0 fully saturated rings. The second kappa shape index (κ2) is 17.7. The van der Waals surface area contributed by atoms with Crippen molar-refractivity contribution in [3.63, 3.8) is 0 Å². The van der Waals surface area contributed by atoms with Crippen LogP contribution >= 0.6 is 0 Å². The van der Waals surface area contributed by atoms with E-state index >= 15 is 0 Å². The van der Waals surface area contributed by atoms with Gasteiger partial charge in [0.25, 0.3) is 11.7 Å². The van der Waals surface area contributed by atoms with Crippen LogP contribution in [-0.4, -0.2) is 86.7 Å². The topological polar surface area (TPSA) is 214 Å². The van der Waals surface area contributed by atoms with E-state index in [2.05, 4.69) is 10.3 Å². The number of Topliss-reactive ketones (excluding diaryl/α,β-unsaturated/α-hetero) is 1. The molecule has 0 saturated heterocycles. The van der Waals surface area contributed by atoms with E-state index in [9.17, 15) is 39.9 Å². The molecule has 9 atom stereocenters. The number of aryl methyl sites for hydroxylation is 1. The number of amides is 1. The Balaban J connectivity index is 1.73. The van der Waals surface area contributed by atoms with Gasteiger partial charge in [-0.05, 0) is 39.0 Å². The number of carbonyl (C=O) groups is 3. The number of fused-ring (bicyclic) bond motifs is 14. The molecular formula is C45H54N2O12. The molecule has 0 radical (unpaired) electrons. The number of hydrogen-bond donors (Lipinski definition) is 6. The minimum Gasteiger partial charge on any atom is -0.507 e. The van der Waals surface area contributed by atoms with Crippen molar-refractivity contribution in [2.24, 2.45) is 28.7 Å². The maximum Gasteiger partial charge on any atom is 0.312 e. The lowest BCUT2D eigenvalue weighted by Crippen LogP contribution is -2.46. The van der Waals surface area contributed by atoms with Crippen LogP contribution in [0.2, 0.25) is 0 Å². The van der Waals surface area contributed by atoms with Gasteiger partial charge in [-0.2, -0.15) is 0 Å². The fourth-order valence-electron chi connectivity index (χ4n) is 7.64. The van der Waals surface area contributed by atoms with Crippen molar-refractivity contribution in [1.29, 1.82) is 0 Å². The van der Waals surface area contributed by atoms with Gasteiger partial charge in [-0.1, -0.05) is 63.6 Å². The molecule has 0 spiro atoms. The number of ether oxygens (including phenoxy) is 4. The first-order valence-corrected chi connectivity index (χ1v) is 19.4. The zero-order chi connectivity index (χ0) is 43.7. The molecule has 3 aromatic carbocycles. The highest BCUT2D eigenvalue weighted by Crippen LogP contribution is 2.55. The molecule has 3 aliphatic heterocycles. The molecule has 1 amide bonds. The van der Waals surface area contributed by atoms with E-state index in [4.69, 9.17) is 18.9 Å². The van der Waals surface area contributed by atoms with Crippen LogP contribution in [-0.2, 0) is 23.8 Å². The lowest BCUT2D eigenvalue weighted by molar-refractivity contribution is -0.160. The van der Waals surface area contributed by atoms with Gasteiger partial charge in [0.2, 0.25) is 0 Å². The molecule has 3 aliphatic rings. The number of aliphatic imine (C=N–C) groups is 1. The van der Waals surface area contributed by atoms with Gasteiger partial charge in [-0.3, -0.25) is 19.4 Å². The van der Waals surface area contributed by atoms with Gasteiger partial charge in [-0.25, -0.2) is 0 Å². The number of aliphatic hydroxyl groups is 2. The first kappa shape index (κ1) is 44.4. The van der Waals surface area contributed by atoms with Crippen LogP contribution < -0.4 is 10.1 Å². The maximum absolute atomic E-state index is 14.4. The standard InChI is InChI=1S/C45H54N2O12/c1-21-14-16-29(17-15-21)46-20-30-35-40(53)33-32(39(30)52)34-42(27(7)38(33)51)59-45(9,43(34)54)57-19-18-31(56-10)24(4)41(58-28(8)48)26(6)37(50)25(5)36(49)22(2)12-11-13-23(3)44(55)47-35/h11-20,22,24-26,31,36-37,41,49-53H,1-10H3,(H,47,55)/b12-11+,19-18+,23-13-,46-20?/t22-,24-,25-,26-,31+,36+,37+,41-,45+/m1/s1. The number of phenolic OH excluding ortho intramolecular Hbond substituents is 3. The Bertz CT molecular complexity index is 2240. The molecule has 3 aromatic rings. The normalized spacial score (nSPS) is 30.1. The highest BCUT2D eigenvalue weighted by Gasteiger charge is 2.50. The van der Waals surface area contributed by atoms with E-state index in [-0.39, 0.29) is 44.5 Å². The van der Waals surface area contributed by atoms with Crippen molar-refractivity contribution in [3.05, 3.63) is 82.7 Å². The molecular weight excluding hydrogens is 760 g/mol. The molecule has 5 bridgehead atoms. The molecule has 59 heavy (non-hydrogen) atoms. The molecule has 316 valence electrons. The van der Waals surface area contributed by atoms with Gasteiger partial charge in [0.05, 0.1) is 52.5 Å². The van der Waals surface area contributed by atoms with Crippen molar-refractivity contribution in [2.75, 3.05) is 12.4 Å². The lowest BCUT2D eigenvalue weighted by Gasteiger charge is -2.38. The van der Waals surface area contributed by atoms with Crippen molar-refractivity contribution in [1.82, 2.24) is 0 Å². The summed E-state index contributed by atoms with van der Waals surface area (Å²) >= 11 is 0. The summed E-state index contributed by atoms with van der Waals surface area (Å²) in [7, 11) is 1.43. The SMILES string of the molecule is CO[C@H]1/C=C/O[C@@]2(C)Oc3c(C)c(O)c4c(O)c(c(C=Nc5ccc(C)cc5)c(O)c4c3C2=O)NC(=O)/C(C)=C\C=C\[C@@H](C)[C@H](O)[C@@H](C)[C@H](O)[C@@H](C)[C@H](OC(C)=O)[C@@H]1C. The summed E-state index contributed by atoms with van der Waals surface area (Å²) in [4.78, 5) is 44.9. The Morgan fingerprint density at radius 1 is 0.898 bits per heavy atom. The number of aromatic hydroxyl groups is 3. The predicted molar refractivity (Wildman–Crippen MR) is 222 cm³/mol. The average Bonchev–Trinajstić information content (AvgIpc) is 3.46. The summed E-state index contributed by atoms with van der Waals surface area (Å²) in [5.74, 6) is -8.49. The summed E-state index contributed by atoms with van der Waals surface area (Å²) in [6.45, 7) is 14.4. The van der Waals surface area contributed by atoms with E-state index in [1.165, 1.54) is 59.4 Å². The summed E-state index contributed by atoms with van der Waals surface area (Å²) in [6, 6.07) is 7.12. The molecule has 0 aromatic heterocycles. The number of ketones is 1. The number of anilines is 1. The van der Waals surface area contributed by atoms with Crippen LogP contribution in [0.4, 0.5) is 11.4 Å². The van der Waals surface area contributed by atoms with Crippen LogP contribution in [0.5, 0.6) is 23.0 Å². The molecule has 0 aliphatic carbocycles. The number of allylic oxidation sites excluding steroid dienone is 2. The molecule has 14 nitrogen and oxygen atoms in total. The molecule has 6 N–H and O–H groups in total. The van der Waals surface area contributed by atoms with Crippen molar-refractivity contribution in [2.45, 2.75) is 92.5 Å². The van der Waals surface area contributed by atoms with Crippen molar-refractivity contribution < 1.29 is 58.9 Å². The number of carbonyl (C=O) groups excluding carboxylic acids is 3. The third kappa shape index (κ3) is 8.70. The first-order valence-electron chi connectivity index (χ1n) is 19.4. The minimum absolute atomic E-state index is 0.0441. The Morgan fingerprint density at radius 3 is 2.19 bits per heavy atom. The third-order valence-electron chi connectivity index (χ3n) is 11.4. The van der Waals surface area contributed by atoms with Crippen LogP contribution in [0.1, 0.15) is 75.5 Å². The number of hydrogen-bond acceptors (Lipinski definition) is 13. The van der Waals surface area contributed by atoms with Crippen molar-refractivity contribution in [3.8, 4) is 23.0 Å². The smallest absolute Gasteiger partial charge is 0.312 e. The molecule has 0 unspecified atom stereocenters. The molecule has 14 heteroatoms. The van der Waals surface area contributed by atoms with E-state index < -0.39 is 88.8 Å². The van der Waals surface area contributed by atoms with E-state index in [1.54, 1.807) is 52.0 Å². The van der Waals surface area contributed by atoms with Gasteiger partial charge < -0.3 is 49.8 Å². The second-order valence-electron chi connectivity index (χ2n) is 15.7. The van der Waals surface area contributed by atoms with E-state index in [0.29, 0.717) is 5.69 Å². The van der Waals surface area contributed by atoms with Gasteiger partial charge in [0.1, 0.15) is 23.4 Å². The third-order valence-corrected chi connectivity index (χ3v) is 11.4. The Morgan fingerprint density at radius 2 is 1.56 bits per heavy atom. The van der Waals surface area contributed by atoms with Crippen LogP contribution in [0.15, 0.2) is 65.4 Å². The zero-order valence-electron chi connectivity index (χ0n) is 34.9. The highest BCUT2D eigenvalue weighted by molar-refractivity contribution is 6.24. The van der Waals surface area contributed by atoms with E-state index in [0.717, 1.165) is 5.56 Å². The number of benzene rings is 3. The number of esters is 1. The zero-order valence-corrected chi connectivity index (χ0v) is 34.9. The van der Waals surface area contributed by atoms with Crippen LogP contribution in [0.25, 0.3) is 10.8 Å². The summed E-state index contributed by atoms with van der Waals surface area (Å²) < 4.78 is 23.6. The average molecular weight is 815 g/mol. The fraction of sp³-hybridized carbons (Fsp3) is 0.422. The Hall–Kier alpha value is -5.70. The summed E-state index contributed by atoms with van der Waals surface area (Å²) in [6.07, 6.45) is 4.74. The highest BCUT2D eigenvalue weighted by atomic mass is 16.7. The number of aliphatic hydroxyl groups excluding tert-OH is 2. The predicted octanol–water partition coefficient (Wildman–Crippen LogP) is 6.81. The number of nitrogens with zero attached hydrogens (tertiary/aromatic N) is 1. The first-order chi connectivity index (χ1) is 27.7.